The summed E-state index contributed by atoms with van der Waals surface area (Å²) in [4.78, 5) is 11.2. The van der Waals surface area contributed by atoms with Crippen molar-refractivity contribution in [1.29, 1.82) is 0 Å². The summed E-state index contributed by atoms with van der Waals surface area (Å²) in [5.74, 6) is 0.485. The first kappa shape index (κ1) is 14.5. The van der Waals surface area contributed by atoms with Crippen molar-refractivity contribution in [2.75, 3.05) is 6.61 Å². The van der Waals surface area contributed by atoms with Gasteiger partial charge in [0.15, 0.2) is 0 Å². The number of primary amides is 1. The number of hydrogen-bond donors (Lipinski definition) is 2. The van der Waals surface area contributed by atoms with E-state index in [1.807, 2.05) is 13.8 Å². The minimum atomic E-state index is -0.366. The Kier molecular flexibility index (Phi) is 5.92. The van der Waals surface area contributed by atoms with Crippen LogP contribution in [-0.4, -0.2) is 30.7 Å². The Morgan fingerprint density at radius 3 is 2.41 bits per heavy atom. The van der Waals surface area contributed by atoms with Crippen molar-refractivity contribution in [3.8, 4) is 0 Å². The number of rotatable bonds is 6. The molecule has 0 bridgehead atoms. The number of ether oxygens (including phenoxy) is 1. The molecule has 3 N–H and O–H groups in total. The topological polar surface area (TPSA) is 64.3 Å². The fourth-order valence-corrected chi connectivity index (χ4v) is 2.24. The summed E-state index contributed by atoms with van der Waals surface area (Å²) < 4.78 is 5.79. The van der Waals surface area contributed by atoms with Crippen LogP contribution in [0.25, 0.3) is 0 Å². The number of hydrogen-bond acceptors (Lipinski definition) is 3. The molecule has 0 saturated heterocycles. The zero-order valence-electron chi connectivity index (χ0n) is 11.2. The van der Waals surface area contributed by atoms with E-state index in [4.69, 9.17) is 10.5 Å². The van der Waals surface area contributed by atoms with Crippen LogP contribution in [0.5, 0.6) is 0 Å². The van der Waals surface area contributed by atoms with Crippen molar-refractivity contribution in [3.63, 3.8) is 0 Å². The summed E-state index contributed by atoms with van der Waals surface area (Å²) in [6, 6.07) is -0.128. The van der Waals surface area contributed by atoms with Gasteiger partial charge in [-0.15, -0.1) is 0 Å². The van der Waals surface area contributed by atoms with E-state index in [0.717, 1.165) is 18.8 Å². The highest BCUT2D eigenvalue weighted by molar-refractivity contribution is 5.80. The Morgan fingerprint density at radius 1 is 1.35 bits per heavy atom. The normalized spacial score (nSPS) is 27.1. The van der Waals surface area contributed by atoms with E-state index in [9.17, 15) is 4.79 Å². The van der Waals surface area contributed by atoms with Gasteiger partial charge < -0.3 is 15.8 Å². The molecule has 1 rings (SSSR count). The summed E-state index contributed by atoms with van der Waals surface area (Å²) in [7, 11) is 0. The lowest BCUT2D eigenvalue weighted by Crippen LogP contribution is -2.48. The van der Waals surface area contributed by atoms with Gasteiger partial charge in [-0.05, 0) is 31.6 Å². The molecule has 0 heterocycles. The fourth-order valence-electron chi connectivity index (χ4n) is 2.24. The van der Waals surface area contributed by atoms with Gasteiger partial charge in [0, 0.05) is 6.04 Å². The van der Waals surface area contributed by atoms with Crippen LogP contribution in [0.3, 0.4) is 0 Å². The van der Waals surface area contributed by atoms with E-state index in [1.165, 1.54) is 12.8 Å². The maximum absolute atomic E-state index is 11.2. The van der Waals surface area contributed by atoms with Crippen LogP contribution < -0.4 is 11.1 Å². The van der Waals surface area contributed by atoms with Crippen molar-refractivity contribution < 1.29 is 9.53 Å². The van der Waals surface area contributed by atoms with Crippen molar-refractivity contribution in [2.45, 2.75) is 64.6 Å². The number of nitrogens with one attached hydrogen (secondary N) is 1. The summed E-state index contributed by atoms with van der Waals surface area (Å²) in [6.07, 6.45) is 4.97. The monoisotopic (exact) mass is 242 g/mol. The molecule has 1 atom stereocenters. The van der Waals surface area contributed by atoms with Crippen LogP contribution in [0.1, 0.15) is 46.5 Å². The van der Waals surface area contributed by atoms with Gasteiger partial charge in [-0.3, -0.25) is 4.79 Å². The average Bonchev–Trinajstić information content (AvgIpc) is 2.25. The first-order chi connectivity index (χ1) is 7.99. The molecule has 4 heteroatoms. The number of amides is 1. The molecular weight excluding hydrogens is 216 g/mol. The minimum absolute atomic E-state index is 0.238. The van der Waals surface area contributed by atoms with E-state index in [1.54, 1.807) is 0 Å². The molecule has 1 fully saturated rings. The summed E-state index contributed by atoms with van der Waals surface area (Å²) >= 11 is 0. The first-order valence-electron chi connectivity index (χ1n) is 6.66. The quantitative estimate of drug-likeness (QED) is 0.740. The lowest BCUT2D eigenvalue weighted by atomic mass is 9.89. The SMILES string of the molecule is CC1CCC(OCC(NC(C)C)C(N)=O)CC1. The zero-order chi connectivity index (χ0) is 12.8. The second kappa shape index (κ2) is 6.97. The Hall–Kier alpha value is -0.610. The molecule has 17 heavy (non-hydrogen) atoms. The lowest BCUT2D eigenvalue weighted by Gasteiger charge is -2.28. The summed E-state index contributed by atoms with van der Waals surface area (Å²) in [5, 5.41) is 3.13. The summed E-state index contributed by atoms with van der Waals surface area (Å²) in [6.45, 7) is 6.67. The standard InChI is InChI=1S/C13H26N2O2/c1-9(2)15-12(13(14)16)8-17-11-6-4-10(3)5-7-11/h9-12,15H,4-8H2,1-3H3,(H2,14,16). The maximum atomic E-state index is 11.2. The number of nitrogens with two attached hydrogens (primary N) is 1. The highest BCUT2D eigenvalue weighted by atomic mass is 16.5. The Morgan fingerprint density at radius 2 is 1.94 bits per heavy atom. The van der Waals surface area contributed by atoms with E-state index in [0.29, 0.717) is 12.7 Å². The molecule has 0 radical (unpaired) electrons. The maximum Gasteiger partial charge on any atom is 0.236 e. The molecule has 0 aromatic rings. The van der Waals surface area contributed by atoms with E-state index >= 15 is 0 Å². The molecule has 0 spiro atoms. The van der Waals surface area contributed by atoms with E-state index < -0.39 is 0 Å². The van der Waals surface area contributed by atoms with Gasteiger partial charge in [0.1, 0.15) is 6.04 Å². The average molecular weight is 242 g/mol. The van der Waals surface area contributed by atoms with Gasteiger partial charge in [0.2, 0.25) is 5.91 Å². The van der Waals surface area contributed by atoms with Crippen LogP contribution in [-0.2, 0) is 9.53 Å². The highest BCUT2D eigenvalue weighted by Crippen LogP contribution is 2.25. The molecule has 1 aliphatic rings. The third-order valence-corrected chi connectivity index (χ3v) is 3.34. The van der Waals surface area contributed by atoms with Crippen LogP contribution in [0, 0.1) is 5.92 Å². The first-order valence-corrected chi connectivity index (χ1v) is 6.66. The molecule has 1 aliphatic carbocycles. The molecule has 100 valence electrons. The number of carbonyl (C=O) groups is 1. The van der Waals surface area contributed by atoms with Gasteiger partial charge in [-0.25, -0.2) is 0 Å². The summed E-state index contributed by atoms with van der Waals surface area (Å²) in [5.41, 5.74) is 5.34. The lowest BCUT2D eigenvalue weighted by molar-refractivity contribution is -0.122. The van der Waals surface area contributed by atoms with Gasteiger partial charge in [0.05, 0.1) is 12.7 Å². The Balaban J connectivity index is 2.29. The largest absolute Gasteiger partial charge is 0.376 e. The second-order valence-electron chi connectivity index (χ2n) is 5.49. The predicted octanol–water partition coefficient (Wildman–Crippen LogP) is 1.43. The number of carbonyl (C=O) groups excluding carboxylic acids is 1. The van der Waals surface area contributed by atoms with Crippen LogP contribution >= 0.6 is 0 Å². The van der Waals surface area contributed by atoms with Crippen LogP contribution in [0.2, 0.25) is 0 Å². The van der Waals surface area contributed by atoms with Gasteiger partial charge >= 0.3 is 0 Å². The van der Waals surface area contributed by atoms with Crippen molar-refractivity contribution in [2.24, 2.45) is 11.7 Å². The van der Waals surface area contributed by atoms with Crippen molar-refractivity contribution in [3.05, 3.63) is 0 Å². The molecule has 0 aromatic carbocycles. The molecule has 4 nitrogen and oxygen atoms in total. The highest BCUT2D eigenvalue weighted by Gasteiger charge is 2.22. The minimum Gasteiger partial charge on any atom is -0.376 e. The Labute approximate surface area is 104 Å². The van der Waals surface area contributed by atoms with Crippen LogP contribution in [0.4, 0.5) is 0 Å². The molecule has 1 saturated carbocycles. The van der Waals surface area contributed by atoms with Crippen molar-refractivity contribution >= 4 is 5.91 Å². The van der Waals surface area contributed by atoms with E-state index in [2.05, 4.69) is 12.2 Å². The van der Waals surface area contributed by atoms with Crippen LogP contribution in [0.15, 0.2) is 0 Å². The molecule has 0 aliphatic heterocycles. The molecule has 1 amide bonds. The zero-order valence-corrected chi connectivity index (χ0v) is 11.2. The van der Waals surface area contributed by atoms with Gasteiger partial charge in [0.25, 0.3) is 0 Å². The molecular formula is C13H26N2O2. The molecule has 1 unspecified atom stereocenters. The van der Waals surface area contributed by atoms with Gasteiger partial charge in [-0.1, -0.05) is 20.8 Å². The molecule has 0 aromatic heterocycles. The second-order valence-corrected chi connectivity index (χ2v) is 5.49. The predicted molar refractivity (Wildman–Crippen MR) is 68.6 cm³/mol. The Bertz CT molecular complexity index is 236. The van der Waals surface area contributed by atoms with Gasteiger partial charge in [-0.2, -0.15) is 0 Å². The fraction of sp³-hybridized carbons (Fsp3) is 0.923. The van der Waals surface area contributed by atoms with Crippen molar-refractivity contribution in [1.82, 2.24) is 5.32 Å². The third-order valence-electron chi connectivity index (χ3n) is 3.34. The van der Waals surface area contributed by atoms with E-state index in [-0.39, 0.29) is 18.0 Å². The smallest absolute Gasteiger partial charge is 0.236 e. The third kappa shape index (κ3) is 5.50.